The number of hydrogen-bond donors (Lipinski definition) is 0. The Morgan fingerprint density at radius 3 is 2.71 bits per heavy atom. The highest BCUT2D eigenvalue weighted by Gasteiger charge is 2.34. The van der Waals surface area contributed by atoms with E-state index in [1.54, 1.807) is 11.1 Å². The minimum Gasteiger partial charge on any atom is -0.373 e. The molecule has 0 aromatic heterocycles. The minimum absolute atomic E-state index is 0.0327. The molecule has 5 nitrogen and oxygen atoms in total. The van der Waals surface area contributed by atoms with Crippen LogP contribution in [0.4, 0.5) is 0 Å². The molecular formula is C13H20N2O3S3. The van der Waals surface area contributed by atoms with Gasteiger partial charge in [-0.1, -0.05) is 30.9 Å². The molecule has 1 atom stereocenters. The number of nitrogens with zero attached hydrogens (tertiary/aromatic N) is 2. The molecule has 1 amide bonds. The molecule has 2 aliphatic rings. The molecule has 0 saturated carbocycles. The molecule has 0 aromatic rings. The van der Waals surface area contributed by atoms with Gasteiger partial charge in [-0.2, -0.15) is 0 Å². The largest absolute Gasteiger partial charge is 0.373 e. The first kappa shape index (κ1) is 16.8. The quantitative estimate of drug-likeness (QED) is 0.556. The molecule has 8 heteroatoms. The summed E-state index contributed by atoms with van der Waals surface area (Å²) in [5.41, 5.74) is 0. The van der Waals surface area contributed by atoms with Crippen molar-refractivity contribution in [3.63, 3.8) is 0 Å². The van der Waals surface area contributed by atoms with Crippen LogP contribution >= 0.6 is 24.0 Å². The molecule has 0 aromatic carbocycles. The molecular weight excluding hydrogens is 328 g/mol. The Morgan fingerprint density at radius 1 is 1.48 bits per heavy atom. The summed E-state index contributed by atoms with van der Waals surface area (Å²) in [6.07, 6.45) is 3.28. The highest BCUT2D eigenvalue weighted by Crippen LogP contribution is 2.32. The Morgan fingerprint density at radius 2 is 2.19 bits per heavy atom. The van der Waals surface area contributed by atoms with E-state index in [0.29, 0.717) is 28.7 Å². The van der Waals surface area contributed by atoms with Crippen LogP contribution in [0.3, 0.4) is 0 Å². The van der Waals surface area contributed by atoms with Gasteiger partial charge >= 0.3 is 0 Å². The zero-order valence-electron chi connectivity index (χ0n) is 12.2. The number of hydrogen-bond acceptors (Lipinski definition) is 6. The van der Waals surface area contributed by atoms with E-state index in [4.69, 9.17) is 12.2 Å². The molecule has 118 valence electrons. The lowest BCUT2D eigenvalue weighted by atomic mass is 10.2. The minimum atomic E-state index is -2.93. The van der Waals surface area contributed by atoms with Crippen molar-refractivity contribution >= 4 is 44.0 Å². The number of carbonyl (C=O) groups excluding carboxylic acids is 1. The molecule has 0 bridgehead atoms. The Kier molecular flexibility index (Phi) is 5.32. The van der Waals surface area contributed by atoms with E-state index >= 15 is 0 Å². The Hall–Kier alpha value is -0.600. The number of carbonyl (C=O) groups is 1. The van der Waals surface area contributed by atoms with E-state index in [-0.39, 0.29) is 23.5 Å². The summed E-state index contributed by atoms with van der Waals surface area (Å²) in [7, 11) is -2.93. The molecule has 2 fully saturated rings. The molecule has 2 saturated heterocycles. The first-order chi connectivity index (χ1) is 9.88. The molecule has 0 N–H and O–H groups in total. The standard InChI is InChI=1S/C13H20N2O3S3/c1-3-6-15-12(16)11(20-13(15)19)8-14(4-2)10-5-7-21(17,18)9-10/h8,10H,3-7,9H2,1-2H3. The van der Waals surface area contributed by atoms with Gasteiger partial charge in [0.2, 0.25) is 0 Å². The molecule has 1 unspecified atom stereocenters. The fourth-order valence-electron chi connectivity index (χ4n) is 2.55. The van der Waals surface area contributed by atoms with Gasteiger partial charge in [0, 0.05) is 25.3 Å². The lowest BCUT2D eigenvalue weighted by molar-refractivity contribution is -0.122. The summed E-state index contributed by atoms with van der Waals surface area (Å²) in [6, 6.07) is -0.0327. The summed E-state index contributed by atoms with van der Waals surface area (Å²) in [5.74, 6) is 0.344. The fourth-order valence-corrected chi connectivity index (χ4v) is 5.59. The monoisotopic (exact) mass is 348 g/mol. The van der Waals surface area contributed by atoms with Gasteiger partial charge in [-0.25, -0.2) is 8.42 Å². The molecule has 2 rings (SSSR count). The van der Waals surface area contributed by atoms with Crippen LogP contribution in [0.2, 0.25) is 0 Å². The average molecular weight is 349 g/mol. The summed E-state index contributed by atoms with van der Waals surface area (Å²) in [4.78, 5) is 16.5. The van der Waals surface area contributed by atoms with Crippen LogP contribution in [0, 0.1) is 0 Å². The summed E-state index contributed by atoms with van der Waals surface area (Å²) < 4.78 is 23.8. The molecule has 0 radical (unpaired) electrons. The van der Waals surface area contributed by atoms with Crippen molar-refractivity contribution in [2.75, 3.05) is 24.6 Å². The second kappa shape index (κ2) is 6.66. The lowest BCUT2D eigenvalue weighted by Crippen LogP contribution is -2.33. The third-order valence-corrected chi connectivity index (χ3v) is 6.76. The highest BCUT2D eigenvalue weighted by molar-refractivity contribution is 8.26. The Labute approximate surface area is 135 Å². The van der Waals surface area contributed by atoms with Crippen molar-refractivity contribution in [2.45, 2.75) is 32.7 Å². The van der Waals surface area contributed by atoms with Gasteiger partial charge in [0.15, 0.2) is 9.84 Å². The zero-order chi connectivity index (χ0) is 15.6. The SMILES string of the molecule is CCCN1C(=O)C(=CN(CC)C2CCS(=O)(=O)C2)SC1=S. The van der Waals surface area contributed by atoms with Crippen molar-refractivity contribution in [1.82, 2.24) is 9.80 Å². The van der Waals surface area contributed by atoms with Gasteiger partial charge in [0.1, 0.15) is 4.32 Å². The van der Waals surface area contributed by atoms with E-state index in [0.717, 1.165) is 6.42 Å². The van der Waals surface area contributed by atoms with Gasteiger partial charge in [0.25, 0.3) is 5.91 Å². The van der Waals surface area contributed by atoms with Gasteiger partial charge in [-0.3, -0.25) is 9.69 Å². The van der Waals surface area contributed by atoms with Crippen LogP contribution in [-0.2, 0) is 14.6 Å². The second-order valence-electron chi connectivity index (χ2n) is 5.21. The number of amides is 1. The molecule has 0 spiro atoms. The fraction of sp³-hybridized carbons (Fsp3) is 0.692. The first-order valence-corrected chi connectivity index (χ1v) is 10.1. The second-order valence-corrected chi connectivity index (χ2v) is 9.11. The Bertz CT molecular complexity index is 571. The van der Waals surface area contributed by atoms with Crippen molar-refractivity contribution < 1.29 is 13.2 Å². The number of rotatable bonds is 5. The van der Waals surface area contributed by atoms with Gasteiger partial charge in [-0.15, -0.1) is 0 Å². The normalized spacial score (nSPS) is 26.9. The summed E-state index contributed by atoms with van der Waals surface area (Å²) >= 11 is 6.54. The van der Waals surface area contributed by atoms with Crippen molar-refractivity contribution in [3.05, 3.63) is 11.1 Å². The number of thioether (sulfide) groups is 1. The maximum Gasteiger partial charge on any atom is 0.267 e. The molecule has 0 aliphatic carbocycles. The van der Waals surface area contributed by atoms with Gasteiger partial charge < -0.3 is 4.90 Å². The predicted molar refractivity (Wildman–Crippen MR) is 89.7 cm³/mol. The van der Waals surface area contributed by atoms with E-state index < -0.39 is 9.84 Å². The highest BCUT2D eigenvalue weighted by atomic mass is 32.2. The van der Waals surface area contributed by atoms with Crippen LogP contribution in [0.25, 0.3) is 0 Å². The van der Waals surface area contributed by atoms with Crippen LogP contribution < -0.4 is 0 Å². The van der Waals surface area contributed by atoms with E-state index in [2.05, 4.69) is 0 Å². The third-order valence-electron chi connectivity index (χ3n) is 3.65. The number of sulfone groups is 1. The van der Waals surface area contributed by atoms with Crippen molar-refractivity contribution in [1.29, 1.82) is 0 Å². The maximum atomic E-state index is 12.3. The van der Waals surface area contributed by atoms with Crippen molar-refractivity contribution in [3.8, 4) is 0 Å². The van der Waals surface area contributed by atoms with E-state index in [1.807, 2.05) is 18.7 Å². The molecule has 2 aliphatic heterocycles. The van der Waals surface area contributed by atoms with Crippen LogP contribution in [0.1, 0.15) is 26.7 Å². The van der Waals surface area contributed by atoms with E-state index in [9.17, 15) is 13.2 Å². The maximum absolute atomic E-state index is 12.3. The first-order valence-electron chi connectivity index (χ1n) is 7.09. The number of thiocarbonyl (C=S) groups is 1. The smallest absolute Gasteiger partial charge is 0.267 e. The average Bonchev–Trinajstić information content (AvgIpc) is 2.90. The van der Waals surface area contributed by atoms with Crippen LogP contribution in [0.15, 0.2) is 11.1 Å². The lowest BCUT2D eigenvalue weighted by Gasteiger charge is -2.25. The Balaban J connectivity index is 2.14. The van der Waals surface area contributed by atoms with E-state index in [1.165, 1.54) is 11.8 Å². The summed E-state index contributed by atoms with van der Waals surface area (Å²) in [5, 5.41) is 0. The molecule has 2 heterocycles. The van der Waals surface area contributed by atoms with Crippen molar-refractivity contribution in [2.24, 2.45) is 0 Å². The third kappa shape index (κ3) is 3.78. The van der Waals surface area contributed by atoms with Gasteiger partial charge in [-0.05, 0) is 19.8 Å². The van der Waals surface area contributed by atoms with Gasteiger partial charge in [0.05, 0.1) is 16.4 Å². The zero-order valence-corrected chi connectivity index (χ0v) is 14.7. The molecule has 21 heavy (non-hydrogen) atoms. The van der Waals surface area contributed by atoms with Crippen LogP contribution in [-0.4, -0.2) is 59.1 Å². The van der Waals surface area contributed by atoms with Crippen LogP contribution in [0.5, 0.6) is 0 Å². The topological polar surface area (TPSA) is 57.7 Å². The summed E-state index contributed by atoms with van der Waals surface area (Å²) in [6.45, 7) is 5.28. The predicted octanol–water partition coefficient (Wildman–Crippen LogP) is 1.61.